The minimum absolute atomic E-state index is 0.633. The van der Waals surface area contributed by atoms with Crippen molar-refractivity contribution in [3.05, 3.63) is 39.8 Å². The van der Waals surface area contributed by atoms with Gasteiger partial charge in [-0.25, -0.2) is 0 Å². The van der Waals surface area contributed by atoms with E-state index < -0.39 is 0 Å². The molecule has 0 spiro atoms. The first-order valence-electron chi connectivity index (χ1n) is 3.79. The second-order valence-electron chi connectivity index (χ2n) is 2.97. The Hall–Kier alpha value is -0.0500. The zero-order valence-corrected chi connectivity index (χ0v) is 9.00. The van der Waals surface area contributed by atoms with E-state index in [1.807, 2.05) is 0 Å². The van der Waals surface area contributed by atoms with Crippen molar-refractivity contribution in [1.29, 1.82) is 0 Å². The molecule has 11 heavy (non-hydrogen) atoms. The summed E-state index contributed by atoms with van der Waals surface area (Å²) in [6, 6.07) is 8.54. The lowest BCUT2D eigenvalue weighted by Crippen LogP contribution is -1.90. The molecule has 0 bridgehead atoms. The molecule has 0 amide bonds. The Bertz CT molecular complexity index is 228. The van der Waals surface area contributed by atoms with Crippen molar-refractivity contribution in [2.24, 2.45) is 5.92 Å². The molecule has 0 nitrogen and oxygen atoms in total. The minimum atomic E-state index is 0.633. The normalized spacial score (nSPS) is 10.5. The standard InChI is InChI=1S/C10H12I/c1-8(2)6-9-4-3-5-10(11)7-9/h3-8H,1-2H3. The van der Waals surface area contributed by atoms with Crippen LogP contribution in [0.5, 0.6) is 0 Å². The van der Waals surface area contributed by atoms with Gasteiger partial charge in [0.2, 0.25) is 0 Å². The van der Waals surface area contributed by atoms with Crippen LogP contribution in [0.25, 0.3) is 0 Å². The Morgan fingerprint density at radius 2 is 2.09 bits per heavy atom. The van der Waals surface area contributed by atoms with E-state index in [2.05, 4.69) is 67.1 Å². The summed E-state index contributed by atoms with van der Waals surface area (Å²) < 4.78 is 1.30. The number of hydrogen-bond donors (Lipinski definition) is 0. The lowest BCUT2D eigenvalue weighted by atomic mass is 10.0. The Kier molecular flexibility index (Phi) is 3.37. The highest BCUT2D eigenvalue weighted by Crippen LogP contribution is 2.13. The molecule has 0 unspecified atom stereocenters. The van der Waals surface area contributed by atoms with Gasteiger partial charge in [-0.3, -0.25) is 0 Å². The summed E-state index contributed by atoms with van der Waals surface area (Å²) in [6.45, 7) is 4.39. The zero-order chi connectivity index (χ0) is 8.27. The van der Waals surface area contributed by atoms with Gasteiger partial charge in [0, 0.05) is 3.57 Å². The van der Waals surface area contributed by atoms with Crippen molar-refractivity contribution in [3.8, 4) is 0 Å². The first-order chi connectivity index (χ1) is 5.18. The summed E-state index contributed by atoms with van der Waals surface area (Å²) in [7, 11) is 0. The van der Waals surface area contributed by atoms with E-state index >= 15 is 0 Å². The number of halogens is 1. The van der Waals surface area contributed by atoms with Crippen molar-refractivity contribution < 1.29 is 0 Å². The van der Waals surface area contributed by atoms with Gasteiger partial charge in [-0.2, -0.15) is 0 Å². The molecule has 0 N–H and O–H groups in total. The molecule has 1 radical (unpaired) electrons. The molecular formula is C10H12I. The Morgan fingerprint density at radius 1 is 1.36 bits per heavy atom. The predicted octanol–water partition coefficient (Wildman–Crippen LogP) is 3.50. The molecule has 0 heterocycles. The molecule has 0 aliphatic carbocycles. The quantitative estimate of drug-likeness (QED) is 0.713. The van der Waals surface area contributed by atoms with E-state index in [1.165, 1.54) is 9.13 Å². The molecule has 1 heteroatoms. The van der Waals surface area contributed by atoms with E-state index in [1.54, 1.807) is 0 Å². The molecule has 0 saturated carbocycles. The third-order valence-electron chi connectivity index (χ3n) is 1.37. The van der Waals surface area contributed by atoms with Crippen molar-refractivity contribution in [2.45, 2.75) is 13.8 Å². The molecule has 1 rings (SSSR count). The van der Waals surface area contributed by atoms with E-state index in [0.717, 1.165) is 0 Å². The molecule has 1 aromatic rings. The first kappa shape index (κ1) is 9.04. The molecule has 0 atom stereocenters. The van der Waals surface area contributed by atoms with Crippen LogP contribution in [0, 0.1) is 15.9 Å². The van der Waals surface area contributed by atoms with Crippen LogP contribution in [0.2, 0.25) is 0 Å². The maximum absolute atomic E-state index is 2.33. The van der Waals surface area contributed by atoms with Gasteiger partial charge in [0.05, 0.1) is 0 Å². The topological polar surface area (TPSA) is 0 Å². The van der Waals surface area contributed by atoms with Crippen LogP contribution in [-0.4, -0.2) is 0 Å². The fraction of sp³-hybridized carbons (Fsp3) is 0.300. The predicted molar refractivity (Wildman–Crippen MR) is 57.4 cm³/mol. The second kappa shape index (κ2) is 4.10. The number of rotatable bonds is 2. The van der Waals surface area contributed by atoms with Gasteiger partial charge in [0.1, 0.15) is 0 Å². The van der Waals surface area contributed by atoms with Gasteiger partial charge in [-0.1, -0.05) is 26.0 Å². The number of hydrogen-bond acceptors (Lipinski definition) is 0. The number of benzene rings is 1. The lowest BCUT2D eigenvalue weighted by Gasteiger charge is -2.03. The van der Waals surface area contributed by atoms with Crippen LogP contribution >= 0.6 is 22.6 Å². The fourth-order valence-corrected chi connectivity index (χ4v) is 1.56. The van der Waals surface area contributed by atoms with Crippen molar-refractivity contribution in [3.63, 3.8) is 0 Å². The summed E-state index contributed by atoms with van der Waals surface area (Å²) in [5.41, 5.74) is 1.33. The van der Waals surface area contributed by atoms with Gasteiger partial charge in [-0.05, 0) is 52.6 Å². The van der Waals surface area contributed by atoms with E-state index in [0.29, 0.717) is 5.92 Å². The highest BCUT2D eigenvalue weighted by atomic mass is 127. The van der Waals surface area contributed by atoms with Gasteiger partial charge in [0.25, 0.3) is 0 Å². The maximum Gasteiger partial charge on any atom is 0.0133 e. The molecule has 0 fully saturated rings. The minimum Gasteiger partial charge on any atom is -0.0622 e. The second-order valence-corrected chi connectivity index (χ2v) is 4.21. The van der Waals surface area contributed by atoms with Gasteiger partial charge < -0.3 is 0 Å². The lowest BCUT2D eigenvalue weighted by molar-refractivity contribution is 0.776. The van der Waals surface area contributed by atoms with Gasteiger partial charge in [-0.15, -0.1) is 0 Å². The van der Waals surface area contributed by atoms with Crippen LogP contribution in [0.4, 0.5) is 0 Å². The Balaban J connectivity index is 2.71. The maximum atomic E-state index is 2.33. The summed E-state index contributed by atoms with van der Waals surface area (Å²) in [5, 5.41) is 0. The van der Waals surface area contributed by atoms with Crippen molar-refractivity contribution >= 4 is 22.6 Å². The average molecular weight is 259 g/mol. The molecule has 0 aliphatic rings. The fourth-order valence-electron chi connectivity index (χ4n) is 0.995. The van der Waals surface area contributed by atoms with Crippen LogP contribution in [0.1, 0.15) is 19.4 Å². The summed E-state index contributed by atoms with van der Waals surface area (Å²) in [4.78, 5) is 0. The largest absolute Gasteiger partial charge is 0.0622 e. The average Bonchev–Trinajstić information content (AvgIpc) is 1.85. The highest BCUT2D eigenvalue weighted by molar-refractivity contribution is 14.1. The van der Waals surface area contributed by atoms with Crippen molar-refractivity contribution in [1.82, 2.24) is 0 Å². The smallest absolute Gasteiger partial charge is 0.0133 e. The molecular weight excluding hydrogens is 247 g/mol. The van der Waals surface area contributed by atoms with Crippen LogP contribution in [-0.2, 0) is 0 Å². The van der Waals surface area contributed by atoms with E-state index in [9.17, 15) is 0 Å². The van der Waals surface area contributed by atoms with Crippen LogP contribution < -0.4 is 0 Å². The Morgan fingerprint density at radius 3 is 2.64 bits per heavy atom. The highest BCUT2D eigenvalue weighted by Gasteiger charge is 1.97. The SMILES string of the molecule is CC(C)[CH]c1cccc(I)c1. The van der Waals surface area contributed by atoms with Crippen LogP contribution in [0.3, 0.4) is 0 Å². The third-order valence-corrected chi connectivity index (χ3v) is 2.05. The van der Waals surface area contributed by atoms with Gasteiger partial charge >= 0.3 is 0 Å². The molecule has 0 aromatic heterocycles. The zero-order valence-electron chi connectivity index (χ0n) is 6.84. The monoisotopic (exact) mass is 259 g/mol. The first-order valence-corrected chi connectivity index (χ1v) is 4.87. The molecule has 59 valence electrons. The van der Waals surface area contributed by atoms with Crippen molar-refractivity contribution in [2.75, 3.05) is 0 Å². The Labute approximate surface area is 82.2 Å². The molecule has 0 aliphatic heterocycles. The van der Waals surface area contributed by atoms with E-state index in [-0.39, 0.29) is 0 Å². The summed E-state index contributed by atoms with van der Waals surface area (Å²) in [5.74, 6) is 0.633. The van der Waals surface area contributed by atoms with E-state index in [4.69, 9.17) is 0 Å². The molecule has 0 saturated heterocycles. The summed E-state index contributed by atoms with van der Waals surface area (Å²) >= 11 is 2.33. The third kappa shape index (κ3) is 3.23. The van der Waals surface area contributed by atoms with Gasteiger partial charge in [0.15, 0.2) is 0 Å². The van der Waals surface area contributed by atoms with Crippen LogP contribution in [0.15, 0.2) is 24.3 Å². The molecule has 1 aromatic carbocycles. The summed E-state index contributed by atoms with van der Waals surface area (Å²) in [6.07, 6.45) is 2.27.